The third-order valence-electron chi connectivity index (χ3n) is 3.72. The summed E-state index contributed by atoms with van der Waals surface area (Å²) >= 11 is 0. The Morgan fingerprint density at radius 1 is 1.06 bits per heavy atom. The van der Waals surface area contributed by atoms with Gasteiger partial charge in [-0.15, -0.1) is 0 Å². The zero-order valence-corrected chi connectivity index (χ0v) is 13.5. The first kappa shape index (κ1) is 17.9. The topological polar surface area (TPSA) is 18.5 Å². The fraction of sp³-hybridized carbons (Fsp3) is 1.00. The second kappa shape index (κ2) is 10.8. The molecule has 1 heterocycles. The van der Waals surface area contributed by atoms with E-state index in [1.807, 2.05) is 7.05 Å². The Kier molecular flexibility index (Phi) is 10.7. The van der Waals surface area contributed by atoms with Crippen LogP contribution in [0.4, 0.5) is 0 Å². The van der Waals surface area contributed by atoms with Gasteiger partial charge in [-0.1, -0.05) is 6.42 Å². The van der Waals surface area contributed by atoms with Crippen LogP contribution >= 0.6 is 0 Å². The van der Waals surface area contributed by atoms with Gasteiger partial charge in [0.25, 0.3) is 0 Å². The summed E-state index contributed by atoms with van der Waals surface area (Å²) in [6.45, 7) is 13.8. The van der Waals surface area contributed by atoms with Crippen molar-refractivity contribution in [3.05, 3.63) is 0 Å². The molecular formula is C15H35N3. The molecule has 0 aliphatic carbocycles. The molecule has 1 rings (SSSR count). The maximum atomic E-state index is 3.11. The van der Waals surface area contributed by atoms with Gasteiger partial charge in [0.1, 0.15) is 0 Å². The molecule has 0 saturated carbocycles. The summed E-state index contributed by atoms with van der Waals surface area (Å²) in [5, 5.41) is 3.11. The molecule has 3 nitrogen and oxygen atoms in total. The van der Waals surface area contributed by atoms with Gasteiger partial charge >= 0.3 is 0 Å². The standard InChI is InChI=1S/C8H17N.C7H18N2/c1-8(2)9-6-4-3-5-7-9;1-7(2)9(4)6-5-8-3/h8H,3-7H2,1-2H3;7-8H,5-6H2,1-4H3. The zero-order valence-electron chi connectivity index (χ0n) is 13.5. The van der Waals surface area contributed by atoms with Crippen LogP contribution in [0.5, 0.6) is 0 Å². The van der Waals surface area contributed by atoms with Gasteiger partial charge in [-0.05, 0) is 67.7 Å². The van der Waals surface area contributed by atoms with Crippen molar-refractivity contribution in [2.24, 2.45) is 0 Å². The van der Waals surface area contributed by atoms with Crippen molar-refractivity contribution in [1.82, 2.24) is 15.1 Å². The van der Waals surface area contributed by atoms with Gasteiger partial charge in [0.2, 0.25) is 0 Å². The van der Waals surface area contributed by atoms with Gasteiger partial charge in [-0.2, -0.15) is 0 Å². The highest BCUT2D eigenvalue weighted by atomic mass is 15.1. The SMILES string of the molecule is CC(C)N1CCCCC1.CNCCN(C)C(C)C. The lowest BCUT2D eigenvalue weighted by Gasteiger charge is -2.29. The van der Waals surface area contributed by atoms with Crippen LogP contribution < -0.4 is 5.32 Å². The predicted molar refractivity (Wildman–Crippen MR) is 82.3 cm³/mol. The van der Waals surface area contributed by atoms with E-state index >= 15 is 0 Å². The molecule has 0 spiro atoms. The van der Waals surface area contributed by atoms with Crippen LogP contribution in [-0.2, 0) is 0 Å². The Hall–Kier alpha value is -0.120. The molecule has 1 saturated heterocycles. The van der Waals surface area contributed by atoms with E-state index in [9.17, 15) is 0 Å². The smallest absolute Gasteiger partial charge is 0.0106 e. The van der Waals surface area contributed by atoms with Crippen molar-refractivity contribution < 1.29 is 0 Å². The minimum Gasteiger partial charge on any atom is -0.318 e. The molecule has 0 radical (unpaired) electrons. The maximum absolute atomic E-state index is 3.11. The molecule has 0 bridgehead atoms. The number of nitrogens with one attached hydrogen (secondary N) is 1. The van der Waals surface area contributed by atoms with Crippen LogP contribution in [0, 0.1) is 0 Å². The number of likely N-dealkylation sites (tertiary alicyclic amines) is 1. The summed E-state index contributed by atoms with van der Waals surface area (Å²) in [5.41, 5.74) is 0. The molecule has 1 N–H and O–H groups in total. The van der Waals surface area contributed by atoms with Crippen molar-refractivity contribution in [2.75, 3.05) is 40.3 Å². The molecule has 1 aliphatic heterocycles. The van der Waals surface area contributed by atoms with Crippen molar-refractivity contribution in [1.29, 1.82) is 0 Å². The molecule has 0 atom stereocenters. The van der Waals surface area contributed by atoms with Crippen LogP contribution in [-0.4, -0.2) is 62.2 Å². The third-order valence-corrected chi connectivity index (χ3v) is 3.72. The van der Waals surface area contributed by atoms with Gasteiger partial charge < -0.3 is 15.1 Å². The highest BCUT2D eigenvalue weighted by molar-refractivity contribution is 4.67. The van der Waals surface area contributed by atoms with Crippen LogP contribution in [0.2, 0.25) is 0 Å². The Morgan fingerprint density at radius 2 is 1.61 bits per heavy atom. The lowest BCUT2D eigenvalue weighted by Crippen LogP contribution is -2.35. The lowest BCUT2D eigenvalue weighted by molar-refractivity contribution is 0.185. The van der Waals surface area contributed by atoms with Gasteiger partial charge in [0.05, 0.1) is 0 Å². The number of piperidine rings is 1. The highest BCUT2D eigenvalue weighted by Crippen LogP contribution is 2.10. The van der Waals surface area contributed by atoms with Gasteiger partial charge in [-0.3, -0.25) is 0 Å². The summed E-state index contributed by atoms with van der Waals surface area (Å²) in [7, 11) is 4.12. The summed E-state index contributed by atoms with van der Waals surface area (Å²) in [4.78, 5) is 4.88. The van der Waals surface area contributed by atoms with Crippen molar-refractivity contribution >= 4 is 0 Å². The fourth-order valence-electron chi connectivity index (χ4n) is 1.98. The molecule has 18 heavy (non-hydrogen) atoms. The van der Waals surface area contributed by atoms with Gasteiger partial charge in [0, 0.05) is 25.2 Å². The Balaban J connectivity index is 0.000000321. The molecule has 110 valence electrons. The summed E-state index contributed by atoms with van der Waals surface area (Å²) in [6.07, 6.45) is 4.28. The molecule has 0 aromatic carbocycles. The quantitative estimate of drug-likeness (QED) is 0.816. The Morgan fingerprint density at radius 3 is 1.94 bits per heavy atom. The first-order chi connectivity index (χ1) is 8.49. The number of hydrogen-bond acceptors (Lipinski definition) is 3. The highest BCUT2D eigenvalue weighted by Gasteiger charge is 2.11. The number of hydrogen-bond donors (Lipinski definition) is 1. The van der Waals surface area contributed by atoms with E-state index in [-0.39, 0.29) is 0 Å². The van der Waals surface area contributed by atoms with E-state index < -0.39 is 0 Å². The number of likely N-dealkylation sites (N-methyl/N-ethyl adjacent to an activating group) is 2. The first-order valence-corrected chi connectivity index (χ1v) is 7.58. The second-order valence-electron chi connectivity index (χ2n) is 5.87. The van der Waals surface area contributed by atoms with E-state index in [0.717, 1.165) is 19.1 Å². The molecular weight excluding hydrogens is 222 g/mol. The molecule has 0 amide bonds. The summed E-state index contributed by atoms with van der Waals surface area (Å²) < 4.78 is 0. The van der Waals surface area contributed by atoms with Crippen LogP contribution in [0.3, 0.4) is 0 Å². The van der Waals surface area contributed by atoms with Gasteiger partial charge in [-0.25, -0.2) is 0 Å². The molecule has 1 aliphatic rings. The van der Waals surface area contributed by atoms with E-state index in [4.69, 9.17) is 0 Å². The van der Waals surface area contributed by atoms with Gasteiger partial charge in [0.15, 0.2) is 0 Å². The van der Waals surface area contributed by atoms with Crippen molar-refractivity contribution in [2.45, 2.75) is 59.0 Å². The zero-order chi connectivity index (χ0) is 14.0. The number of rotatable bonds is 5. The molecule has 0 aromatic heterocycles. The van der Waals surface area contributed by atoms with E-state index in [0.29, 0.717) is 6.04 Å². The maximum Gasteiger partial charge on any atom is 0.0106 e. The van der Waals surface area contributed by atoms with Crippen LogP contribution in [0.1, 0.15) is 47.0 Å². The first-order valence-electron chi connectivity index (χ1n) is 7.58. The predicted octanol–water partition coefficient (Wildman–Crippen LogP) is 2.43. The molecule has 3 heteroatoms. The summed E-state index contributed by atoms with van der Waals surface area (Å²) in [6, 6.07) is 1.43. The molecule has 0 aromatic rings. The largest absolute Gasteiger partial charge is 0.318 e. The Bertz CT molecular complexity index is 175. The van der Waals surface area contributed by atoms with Crippen molar-refractivity contribution in [3.8, 4) is 0 Å². The fourth-order valence-corrected chi connectivity index (χ4v) is 1.98. The minimum atomic E-state index is 0.665. The number of nitrogens with zero attached hydrogens (tertiary/aromatic N) is 2. The monoisotopic (exact) mass is 257 g/mol. The third kappa shape index (κ3) is 8.90. The summed E-state index contributed by atoms with van der Waals surface area (Å²) in [5.74, 6) is 0. The average molecular weight is 257 g/mol. The van der Waals surface area contributed by atoms with Crippen LogP contribution in [0.15, 0.2) is 0 Å². The van der Waals surface area contributed by atoms with Crippen LogP contribution in [0.25, 0.3) is 0 Å². The van der Waals surface area contributed by atoms with Crippen molar-refractivity contribution in [3.63, 3.8) is 0 Å². The van der Waals surface area contributed by atoms with E-state index in [1.165, 1.54) is 32.4 Å². The van der Waals surface area contributed by atoms with E-state index in [2.05, 4.69) is 49.9 Å². The minimum absolute atomic E-state index is 0.665. The lowest BCUT2D eigenvalue weighted by atomic mass is 10.1. The van der Waals surface area contributed by atoms with E-state index in [1.54, 1.807) is 0 Å². The normalized spacial score (nSPS) is 17.2. The molecule has 0 unspecified atom stereocenters. The molecule has 1 fully saturated rings. The Labute approximate surface area is 115 Å². The average Bonchev–Trinajstić information content (AvgIpc) is 2.37. The second-order valence-corrected chi connectivity index (χ2v) is 5.87.